The summed E-state index contributed by atoms with van der Waals surface area (Å²) in [5.74, 6) is 0.666. The summed E-state index contributed by atoms with van der Waals surface area (Å²) in [5, 5.41) is 3.60. The molecule has 4 nitrogen and oxygen atoms in total. The van der Waals surface area contributed by atoms with Crippen molar-refractivity contribution in [2.45, 2.75) is 0 Å². The average molecular weight is 315 g/mol. The van der Waals surface area contributed by atoms with E-state index < -0.39 is 0 Å². The van der Waals surface area contributed by atoms with Gasteiger partial charge in [0.15, 0.2) is 5.78 Å². The number of ketones is 1. The molecule has 1 aromatic carbocycles. The molecule has 0 aliphatic rings. The lowest BCUT2D eigenvalue weighted by atomic mass is 10.1. The number of hydrogen-bond acceptors (Lipinski definition) is 4. The SMILES string of the molecule is CNCCN(C)C(=O)CSCC(=O)c1ccc(Cl)cc1. The molecule has 20 heavy (non-hydrogen) atoms. The molecule has 0 spiro atoms. The van der Waals surface area contributed by atoms with Crippen molar-refractivity contribution in [3.05, 3.63) is 34.9 Å². The summed E-state index contributed by atoms with van der Waals surface area (Å²) in [4.78, 5) is 25.3. The maximum atomic E-state index is 11.9. The van der Waals surface area contributed by atoms with Crippen molar-refractivity contribution in [3.63, 3.8) is 0 Å². The molecule has 1 N–H and O–H groups in total. The topological polar surface area (TPSA) is 49.4 Å². The molecule has 0 fully saturated rings. The zero-order chi connectivity index (χ0) is 15.0. The Morgan fingerprint density at radius 2 is 1.90 bits per heavy atom. The summed E-state index contributed by atoms with van der Waals surface area (Å²) in [7, 11) is 3.61. The Morgan fingerprint density at radius 3 is 2.50 bits per heavy atom. The molecule has 1 aromatic rings. The van der Waals surface area contributed by atoms with E-state index in [2.05, 4.69) is 5.32 Å². The maximum Gasteiger partial charge on any atom is 0.232 e. The fraction of sp³-hybridized carbons (Fsp3) is 0.429. The first-order valence-corrected chi connectivity index (χ1v) is 7.83. The van der Waals surface area contributed by atoms with E-state index in [1.807, 2.05) is 7.05 Å². The number of likely N-dealkylation sites (N-methyl/N-ethyl adjacent to an activating group) is 2. The highest BCUT2D eigenvalue weighted by atomic mass is 35.5. The number of carbonyl (C=O) groups excluding carboxylic acids is 2. The number of nitrogens with one attached hydrogen (secondary N) is 1. The van der Waals surface area contributed by atoms with E-state index in [9.17, 15) is 9.59 Å². The molecule has 0 unspecified atom stereocenters. The van der Waals surface area contributed by atoms with Crippen LogP contribution in [0.1, 0.15) is 10.4 Å². The summed E-state index contributed by atoms with van der Waals surface area (Å²) in [6.45, 7) is 1.43. The van der Waals surface area contributed by atoms with Crippen molar-refractivity contribution in [2.24, 2.45) is 0 Å². The van der Waals surface area contributed by atoms with Crippen LogP contribution in [0.3, 0.4) is 0 Å². The molecular weight excluding hydrogens is 296 g/mol. The van der Waals surface area contributed by atoms with Crippen LogP contribution in [0.4, 0.5) is 0 Å². The Hall–Kier alpha value is -1.04. The van der Waals surface area contributed by atoms with Crippen LogP contribution in [-0.4, -0.2) is 55.3 Å². The number of Topliss-reactive ketones (excluding diaryl/α,β-unsaturated/α-hetero) is 1. The third-order valence-corrected chi connectivity index (χ3v) is 3.92. The number of hydrogen-bond donors (Lipinski definition) is 1. The molecule has 0 saturated carbocycles. The standard InChI is InChI=1S/C14H19ClN2O2S/c1-16-7-8-17(2)14(19)10-20-9-13(18)11-3-5-12(15)6-4-11/h3-6,16H,7-10H2,1-2H3. The van der Waals surface area contributed by atoms with Crippen LogP contribution in [0.5, 0.6) is 0 Å². The molecule has 0 aliphatic heterocycles. The highest BCUT2D eigenvalue weighted by Crippen LogP contribution is 2.12. The van der Waals surface area contributed by atoms with Crippen LogP contribution in [-0.2, 0) is 4.79 Å². The molecule has 0 bridgehead atoms. The molecule has 0 heterocycles. The predicted octanol–water partition coefficient (Wildman–Crippen LogP) is 1.93. The molecule has 1 amide bonds. The summed E-state index contributed by atoms with van der Waals surface area (Å²) >= 11 is 7.10. The lowest BCUT2D eigenvalue weighted by molar-refractivity contribution is -0.127. The first kappa shape index (κ1) is 17.0. The fourth-order valence-electron chi connectivity index (χ4n) is 1.46. The Kier molecular flexibility index (Phi) is 7.65. The van der Waals surface area contributed by atoms with Crippen molar-refractivity contribution in [3.8, 4) is 0 Å². The fourth-order valence-corrected chi connectivity index (χ4v) is 2.44. The molecule has 0 atom stereocenters. The van der Waals surface area contributed by atoms with Gasteiger partial charge in [-0.3, -0.25) is 9.59 Å². The Balaban J connectivity index is 2.31. The van der Waals surface area contributed by atoms with E-state index >= 15 is 0 Å². The minimum absolute atomic E-state index is 0.0114. The van der Waals surface area contributed by atoms with E-state index in [-0.39, 0.29) is 11.7 Å². The molecule has 0 aliphatic carbocycles. The summed E-state index contributed by atoms with van der Waals surface area (Å²) in [6, 6.07) is 6.78. The van der Waals surface area contributed by atoms with Gasteiger partial charge in [0, 0.05) is 30.7 Å². The van der Waals surface area contributed by atoms with Crippen LogP contribution in [0, 0.1) is 0 Å². The van der Waals surface area contributed by atoms with E-state index in [0.717, 1.165) is 6.54 Å². The number of thioether (sulfide) groups is 1. The molecule has 110 valence electrons. The van der Waals surface area contributed by atoms with Crippen molar-refractivity contribution >= 4 is 35.1 Å². The molecule has 0 saturated heterocycles. The second kappa shape index (κ2) is 9.00. The number of halogens is 1. The summed E-state index contributed by atoms with van der Waals surface area (Å²) in [6.07, 6.45) is 0. The maximum absolute atomic E-state index is 11.9. The van der Waals surface area contributed by atoms with Gasteiger partial charge in [-0.25, -0.2) is 0 Å². The van der Waals surface area contributed by atoms with Crippen molar-refractivity contribution in [2.75, 3.05) is 38.7 Å². The van der Waals surface area contributed by atoms with E-state index in [1.165, 1.54) is 11.8 Å². The Labute approximate surface area is 128 Å². The second-order valence-electron chi connectivity index (χ2n) is 4.34. The van der Waals surface area contributed by atoms with Gasteiger partial charge in [0.1, 0.15) is 0 Å². The molecule has 0 radical (unpaired) electrons. The van der Waals surface area contributed by atoms with Gasteiger partial charge in [0.2, 0.25) is 5.91 Å². The van der Waals surface area contributed by atoms with Crippen LogP contribution in [0.25, 0.3) is 0 Å². The van der Waals surface area contributed by atoms with Crippen LogP contribution < -0.4 is 5.32 Å². The molecular formula is C14H19ClN2O2S. The third-order valence-electron chi connectivity index (χ3n) is 2.75. The van der Waals surface area contributed by atoms with Gasteiger partial charge < -0.3 is 10.2 Å². The molecule has 0 aromatic heterocycles. The largest absolute Gasteiger partial charge is 0.344 e. The van der Waals surface area contributed by atoms with E-state index in [0.29, 0.717) is 28.6 Å². The van der Waals surface area contributed by atoms with Crippen LogP contribution in [0.15, 0.2) is 24.3 Å². The van der Waals surface area contributed by atoms with Crippen molar-refractivity contribution < 1.29 is 9.59 Å². The number of carbonyl (C=O) groups is 2. The number of amides is 1. The van der Waals surface area contributed by atoms with Gasteiger partial charge in [-0.05, 0) is 31.3 Å². The monoisotopic (exact) mass is 314 g/mol. The average Bonchev–Trinajstić information content (AvgIpc) is 2.45. The smallest absolute Gasteiger partial charge is 0.232 e. The summed E-state index contributed by atoms with van der Waals surface area (Å²) in [5.41, 5.74) is 0.623. The Bertz CT molecular complexity index is 451. The first-order chi connectivity index (χ1) is 9.54. The lowest BCUT2D eigenvalue weighted by Gasteiger charge is -2.16. The lowest BCUT2D eigenvalue weighted by Crippen LogP contribution is -2.34. The summed E-state index contributed by atoms with van der Waals surface area (Å²) < 4.78 is 0. The van der Waals surface area contributed by atoms with Gasteiger partial charge in [0.05, 0.1) is 11.5 Å². The van der Waals surface area contributed by atoms with Gasteiger partial charge in [-0.2, -0.15) is 0 Å². The number of nitrogens with zero attached hydrogens (tertiary/aromatic N) is 1. The van der Waals surface area contributed by atoms with E-state index in [4.69, 9.17) is 11.6 Å². The Morgan fingerprint density at radius 1 is 1.25 bits per heavy atom. The normalized spacial score (nSPS) is 10.3. The van der Waals surface area contributed by atoms with Crippen molar-refractivity contribution in [1.82, 2.24) is 10.2 Å². The van der Waals surface area contributed by atoms with Gasteiger partial charge in [-0.1, -0.05) is 11.6 Å². The highest BCUT2D eigenvalue weighted by Gasteiger charge is 2.11. The number of rotatable bonds is 8. The third kappa shape index (κ3) is 5.94. The van der Waals surface area contributed by atoms with Gasteiger partial charge in [-0.15, -0.1) is 11.8 Å². The van der Waals surface area contributed by atoms with Crippen LogP contribution >= 0.6 is 23.4 Å². The highest BCUT2D eigenvalue weighted by molar-refractivity contribution is 8.00. The molecule has 1 rings (SSSR count). The second-order valence-corrected chi connectivity index (χ2v) is 5.76. The predicted molar refractivity (Wildman–Crippen MR) is 84.7 cm³/mol. The zero-order valence-electron chi connectivity index (χ0n) is 11.7. The quantitative estimate of drug-likeness (QED) is 0.745. The van der Waals surface area contributed by atoms with Gasteiger partial charge >= 0.3 is 0 Å². The molecule has 6 heteroatoms. The van der Waals surface area contributed by atoms with Gasteiger partial charge in [0.25, 0.3) is 0 Å². The number of benzene rings is 1. The zero-order valence-corrected chi connectivity index (χ0v) is 13.3. The minimum Gasteiger partial charge on any atom is -0.344 e. The van der Waals surface area contributed by atoms with Crippen molar-refractivity contribution in [1.29, 1.82) is 0 Å². The minimum atomic E-state index is 0.0114. The van der Waals surface area contributed by atoms with E-state index in [1.54, 1.807) is 36.2 Å². The van der Waals surface area contributed by atoms with Crippen LogP contribution in [0.2, 0.25) is 5.02 Å². The first-order valence-electron chi connectivity index (χ1n) is 6.29.